The Balaban J connectivity index is 1.75. The molecule has 1 aliphatic rings. The number of benzene rings is 2. The van der Waals surface area contributed by atoms with Crippen molar-refractivity contribution in [1.82, 2.24) is 4.90 Å². The second-order valence-electron chi connectivity index (χ2n) is 6.28. The molecule has 3 rings (SSSR count). The van der Waals surface area contributed by atoms with E-state index in [-0.39, 0.29) is 11.4 Å². The summed E-state index contributed by atoms with van der Waals surface area (Å²) in [5.41, 5.74) is 1.20. The zero-order chi connectivity index (χ0) is 19.6. The molecule has 1 fully saturated rings. The van der Waals surface area contributed by atoms with Gasteiger partial charge in [0.2, 0.25) is 10.0 Å². The molecule has 1 aliphatic heterocycles. The molecule has 6 nitrogen and oxygen atoms in total. The molecule has 9 heteroatoms. The second kappa shape index (κ2) is 7.85. The van der Waals surface area contributed by atoms with E-state index in [1.807, 2.05) is 24.3 Å². The Bertz CT molecular complexity index is 968. The van der Waals surface area contributed by atoms with Crippen LogP contribution in [0.4, 0.5) is 20.6 Å². The molecule has 0 unspecified atom stereocenters. The summed E-state index contributed by atoms with van der Waals surface area (Å²) in [6, 6.07) is 10.9. The Morgan fingerprint density at radius 1 is 1.30 bits per heavy atom. The van der Waals surface area contributed by atoms with Gasteiger partial charge in [-0.05, 0) is 36.2 Å². The van der Waals surface area contributed by atoms with Gasteiger partial charge in [0.05, 0.1) is 17.1 Å². The Labute approximate surface area is 166 Å². The van der Waals surface area contributed by atoms with Gasteiger partial charge in [-0.2, -0.15) is 0 Å². The zero-order valence-electron chi connectivity index (χ0n) is 14.7. The van der Waals surface area contributed by atoms with Crippen LogP contribution in [0.2, 0.25) is 0 Å². The maximum atomic E-state index is 14.2. The second-order valence-corrected chi connectivity index (χ2v) is 9.15. The van der Waals surface area contributed by atoms with Crippen molar-refractivity contribution in [2.24, 2.45) is 0 Å². The van der Waals surface area contributed by atoms with E-state index in [2.05, 4.69) is 21.2 Å². The van der Waals surface area contributed by atoms with Crippen molar-refractivity contribution in [2.45, 2.75) is 13.0 Å². The SMILES string of the molecule is CN(Cc1ccccc1Br)C(=O)Nc1cc(N2CCCS2(=O)=O)ccc1F. The number of amides is 2. The minimum absolute atomic E-state index is 0.0569. The topological polar surface area (TPSA) is 69.7 Å². The molecule has 0 aliphatic carbocycles. The summed E-state index contributed by atoms with van der Waals surface area (Å²) in [5.74, 6) is -0.557. The van der Waals surface area contributed by atoms with E-state index in [0.717, 1.165) is 16.1 Å². The van der Waals surface area contributed by atoms with Crippen molar-refractivity contribution >= 4 is 43.4 Å². The summed E-state index contributed by atoms with van der Waals surface area (Å²) in [6.07, 6.45) is 0.524. The predicted molar refractivity (Wildman–Crippen MR) is 107 cm³/mol. The third-order valence-electron chi connectivity index (χ3n) is 4.29. The first kappa shape index (κ1) is 19.6. The summed E-state index contributed by atoms with van der Waals surface area (Å²) in [4.78, 5) is 13.9. The summed E-state index contributed by atoms with van der Waals surface area (Å²) in [6.45, 7) is 0.679. The molecule has 1 saturated heterocycles. The summed E-state index contributed by atoms with van der Waals surface area (Å²) in [5, 5.41) is 2.52. The molecule has 0 spiro atoms. The largest absolute Gasteiger partial charge is 0.323 e. The lowest BCUT2D eigenvalue weighted by Gasteiger charge is -2.21. The standard InChI is InChI=1S/C18H19BrFN3O3S/c1-22(12-13-5-2-3-6-15(13)19)18(24)21-17-11-14(7-8-16(17)20)23-9-4-10-27(23,25)26/h2-3,5-8,11H,4,9-10,12H2,1H3,(H,21,24). The van der Waals surface area contributed by atoms with Crippen LogP contribution in [-0.2, 0) is 16.6 Å². The third kappa shape index (κ3) is 4.41. The van der Waals surface area contributed by atoms with Crippen LogP contribution in [-0.4, -0.2) is 38.7 Å². The normalized spacial score (nSPS) is 15.6. The molecular weight excluding hydrogens is 437 g/mol. The van der Waals surface area contributed by atoms with Gasteiger partial charge in [0, 0.05) is 24.6 Å². The van der Waals surface area contributed by atoms with Crippen molar-refractivity contribution in [2.75, 3.05) is 29.0 Å². The van der Waals surface area contributed by atoms with Gasteiger partial charge < -0.3 is 10.2 Å². The van der Waals surface area contributed by atoms with Crippen LogP contribution in [0, 0.1) is 5.82 Å². The fourth-order valence-electron chi connectivity index (χ4n) is 2.86. The van der Waals surface area contributed by atoms with Crippen LogP contribution < -0.4 is 9.62 Å². The summed E-state index contributed by atoms with van der Waals surface area (Å²) in [7, 11) is -1.78. The van der Waals surface area contributed by atoms with Crippen LogP contribution in [0.3, 0.4) is 0 Å². The van der Waals surface area contributed by atoms with E-state index in [4.69, 9.17) is 0 Å². The number of halogens is 2. The molecule has 0 saturated carbocycles. The average molecular weight is 456 g/mol. The maximum Gasteiger partial charge on any atom is 0.321 e. The molecule has 1 heterocycles. The fourth-order valence-corrected chi connectivity index (χ4v) is 4.82. The molecule has 144 valence electrons. The van der Waals surface area contributed by atoms with Gasteiger partial charge in [-0.3, -0.25) is 4.31 Å². The summed E-state index contributed by atoms with van der Waals surface area (Å²) < 4.78 is 40.4. The Kier molecular flexibility index (Phi) is 5.71. The highest BCUT2D eigenvalue weighted by molar-refractivity contribution is 9.10. The van der Waals surface area contributed by atoms with E-state index in [9.17, 15) is 17.6 Å². The van der Waals surface area contributed by atoms with Crippen LogP contribution >= 0.6 is 15.9 Å². The molecule has 27 heavy (non-hydrogen) atoms. The molecule has 2 aromatic rings. The number of carbonyl (C=O) groups excluding carboxylic acids is 1. The van der Waals surface area contributed by atoms with Gasteiger partial charge in [0.25, 0.3) is 0 Å². The fraction of sp³-hybridized carbons (Fsp3) is 0.278. The molecule has 0 bridgehead atoms. The van der Waals surface area contributed by atoms with E-state index in [1.54, 1.807) is 7.05 Å². The monoisotopic (exact) mass is 455 g/mol. The van der Waals surface area contributed by atoms with Crippen LogP contribution in [0.15, 0.2) is 46.9 Å². The minimum atomic E-state index is -3.38. The van der Waals surface area contributed by atoms with Gasteiger partial charge in [0.15, 0.2) is 0 Å². The first-order chi connectivity index (χ1) is 12.8. The highest BCUT2D eigenvalue weighted by Gasteiger charge is 2.29. The van der Waals surface area contributed by atoms with Crippen molar-refractivity contribution in [3.8, 4) is 0 Å². The molecule has 2 amide bonds. The van der Waals surface area contributed by atoms with Crippen LogP contribution in [0.25, 0.3) is 0 Å². The molecular formula is C18H19BrFN3O3S. The van der Waals surface area contributed by atoms with E-state index in [1.165, 1.54) is 21.3 Å². The number of anilines is 2. The number of rotatable bonds is 4. The minimum Gasteiger partial charge on any atom is -0.323 e. The van der Waals surface area contributed by atoms with Gasteiger partial charge in [-0.1, -0.05) is 34.1 Å². The van der Waals surface area contributed by atoms with Crippen molar-refractivity contribution in [3.63, 3.8) is 0 Å². The number of carbonyl (C=O) groups is 1. The number of sulfonamides is 1. The van der Waals surface area contributed by atoms with E-state index in [0.29, 0.717) is 25.2 Å². The lowest BCUT2D eigenvalue weighted by molar-refractivity contribution is 0.220. The predicted octanol–water partition coefficient (Wildman–Crippen LogP) is 3.79. The molecule has 0 radical (unpaired) electrons. The Hall–Kier alpha value is -2.13. The average Bonchev–Trinajstić information content (AvgIpc) is 2.98. The van der Waals surface area contributed by atoms with Crippen LogP contribution in [0.1, 0.15) is 12.0 Å². The third-order valence-corrected chi connectivity index (χ3v) is 6.93. The first-order valence-corrected chi connectivity index (χ1v) is 10.7. The number of nitrogens with one attached hydrogen (secondary N) is 1. The lowest BCUT2D eigenvalue weighted by atomic mass is 10.2. The lowest BCUT2D eigenvalue weighted by Crippen LogP contribution is -2.31. The number of urea groups is 1. The number of hydrogen-bond donors (Lipinski definition) is 1. The van der Waals surface area contributed by atoms with Crippen molar-refractivity contribution in [1.29, 1.82) is 0 Å². The maximum absolute atomic E-state index is 14.2. The molecule has 0 atom stereocenters. The van der Waals surface area contributed by atoms with Gasteiger partial charge in [-0.15, -0.1) is 0 Å². The molecule has 0 aromatic heterocycles. The van der Waals surface area contributed by atoms with Gasteiger partial charge in [-0.25, -0.2) is 17.6 Å². The van der Waals surface area contributed by atoms with E-state index >= 15 is 0 Å². The Morgan fingerprint density at radius 3 is 2.70 bits per heavy atom. The highest BCUT2D eigenvalue weighted by Crippen LogP contribution is 2.28. The first-order valence-electron chi connectivity index (χ1n) is 8.33. The highest BCUT2D eigenvalue weighted by atomic mass is 79.9. The van der Waals surface area contributed by atoms with Gasteiger partial charge >= 0.3 is 6.03 Å². The van der Waals surface area contributed by atoms with E-state index < -0.39 is 21.9 Å². The van der Waals surface area contributed by atoms with Crippen LogP contribution in [0.5, 0.6) is 0 Å². The van der Waals surface area contributed by atoms with Crippen molar-refractivity contribution < 1.29 is 17.6 Å². The molecule has 1 N–H and O–H groups in total. The Morgan fingerprint density at radius 2 is 2.04 bits per heavy atom. The number of nitrogens with zero attached hydrogens (tertiary/aromatic N) is 2. The zero-order valence-corrected chi connectivity index (χ0v) is 17.1. The smallest absolute Gasteiger partial charge is 0.321 e. The quantitative estimate of drug-likeness (QED) is 0.761. The summed E-state index contributed by atoms with van der Waals surface area (Å²) >= 11 is 3.43. The van der Waals surface area contributed by atoms with Crippen molar-refractivity contribution in [3.05, 3.63) is 58.3 Å². The molecule has 2 aromatic carbocycles. The van der Waals surface area contributed by atoms with Gasteiger partial charge in [0.1, 0.15) is 5.82 Å². The number of hydrogen-bond acceptors (Lipinski definition) is 3.